The second-order valence-corrected chi connectivity index (χ2v) is 35.4. The van der Waals surface area contributed by atoms with Crippen LogP contribution in [-0.4, -0.2) is 44.6 Å². The Morgan fingerprint density at radius 1 is 0.320 bits per heavy atom. The first-order chi connectivity index (χ1) is 50.0. The third-order valence-electron chi connectivity index (χ3n) is 22.2. The fraction of sp³-hybridized carbons (Fsp3) is 0.689. The van der Waals surface area contributed by atoms with Crippen LogP contribution in [0.4, 0.5) is 0 Å². The monoisotopic (exact) mass is 1470 g/mol. The quantitative estimate of drug-likeness (QED) is 0.0274. The first-order valence-corrected chi connectivity index (χ1v) is 44.6. The Morgan fingerprint density at radius 2 is 0.592 bits per heavy atom. The molecule has 0 saturated carbocycles. The van der Waals surface area contributed by atoms with Crippen LogP contribution < -0.4 is 10.7 Å². The summed E-state index contributed by atoms with van der Waals surface area (Å²) in [7, 11) is 0. The van der Waals surface area contributed by atoms with E-state index in [1.165, 1.54) is 271 Å². The van der Waals surface area contributed by atoms with Gasteiger partial charge in [-0.3, -0.25) is 0 Å². The van der Waals surface area contributed by atoms with Crippen LogP contribution in [0, 0.1) is 25.7 Å². The zero-order valence-corrected chi connectivity index (χ0v) is 68.5. The number of carbonyl (C=O) groups is 4. The SMILES string of the molecule is CCCCCCCCCCCCC(CCCCCCCCCCCC)CCn1c(C)c2cc3c(=C4C(=O)OC(C)(C)OC4=O)n(CCC(CCCCCCCCCCCC)CCCCCCCCCCCC)c(-c4ccc(-c5ccc(-c6ccc(C)s6)s5)s4)c3cc2c1=C1C(=O)OC(C)(C)OC1=O. The number of thiophene rings is 3. The fourth-order valence-corrected chi connectivity index (χ4v) is 19.4. The highest BCUT2D eigenvalue weighted by Crippen LogP contribution is 2.45. The van der Waals surface area contributed by atoms with Gasteiger partial charge in [0.15, 0.2) is 11.1 Å². The van der Waals surface area contributed by atoms with Crippen molar-refractivity contribution in [2.75, 3.05) is 0 Å². The third-order valence-corrected chi connectivity index (χ3v) is 25.8. The predicted octanol–water partition coefficient (Wildman–Crippen LogP) is 26.6. The molecule has 103 heavy (non-hydrogen) atoms. The van der Waals surface area contributed by atoms with Gasteiger partial charge in [-0.05, 0) is 87.1 Å². The number of aromatic nitrogens is 2. The number of rotatable bonds is 53. The summed E-state index contributed by atoms with van der Waals surface area (Å²) in [6.07, 6.45) is 58.0. The van der Waals surface area contributed by atoms with Crippen LogP contribution >= 0.6 is 34.0 Å². The van der Waals surface area contributed by atoms with Crippen molar-refractivity contribution in [3.05, 3.63) is 69.8 Å². The van der Waals surface area contributed by atoms with E-state index in [2.05, 4.69) is 99.2 Å². The number of benzene rings is 1. The third kappa shape index (κ3) is 25.9. The molecule has 2 aliphatic rings. The average molecular weight is 1470 g/mol. The van der Waals surface area contributed by atoms with Crippen molar-refractivity contribution < 1.29 is 38.1 Å². The van der Waals surface area contributed by atoms with Gasteiger partial charge in [-0.2, -0.15) is 0 Å². The number of carbonyl (C=O) groups excluding carboxylic acids is 4. The van der Waals surface area contributed by atoms with Crippen molar-refractivity contribution in [3.63, 3.8) is 0 Å². The molecular weight excluding hydrogens is 1330 g/mol. The second kappa shape index (κ2) is 44.3. The molecule has 2 saturated heterocycles. The van der Waals surface area contributed by atoms with Crippen LogP contribution in [-0.2, 0) is 51.2 Å². The number of aryl methyl sites for hydroxylation is 2. The van der Waals surface area contributed by atoms with Gasteiger partial charge in [-0.1, -0.05) is 310 Å². The van der Waals surface area contributed by atoms with Gasteiger partial charge in [-0.15, -0.1) is 34.0 Å². The molecule has 10 nitrogen and oxygen atoms in total. The van der Waals surface area contributed by atoms with Crippen molar-refractivity contribution in [2.24, 2.45) is 11.8 Å². The molecule has 5 aromatic heterocycles. The molecule has 1 aromatic carbocycles. The summed E-state index contributed by atoms with van der Waals surface area (Å²) in [4.78, 5) is 66.6. The van der Waals surface area contributed by atoms with Crippen molar-refractivity contribution in [3.8, 4) is 30.1 Å². The van der Waals surface area contributed by atoms with Gasteiger partial charge in [0.1, 0.15) is 0 Å². The summed E-state index contributed by atoms with van der Waals surface area (Å²) in [5, 5.41) is 4.07. The molecule has 0 atom stereocenters. The van der Waals surface area contributed by atoms with E-state index in [1.54, 1.807) is 50.4 Å². The van der Waals surface area contributed by atoms with Crippen molar-refractivity contribution in [1.29, 1.82) is 0 Å². The lowest BCUT2D eigenvalue weighted by atomic mass is 9.91. The Balaban J connectivity index is 1.23. The minimum absolute atomic E-state index is 0.107. The topological polar surface area (TPSA) is 115 Å². The van der Waals surface area contributed by atoms with E-state index in [0.29, 0.717) is 35.6 Å². The van der Waals surface area contributed by atoms with Gasteiger partial charge in [0.2, 0.25) is 0 Å². The second-order valence-electron chi connectivity index (χ2n) is 31.9. The number of hydrogen-bond acceptors (Lipinski definition) is 11. The first kappa shape index (κ1) is 83.7. The highest BCUT2D eigenvalue weighted by molar-refractivity contribution is 7.27. The lowest BCUT2D eigenvalue weighted by Gasteiger charge is -2.30. The number of ether oxygens (including phenoxy) is 4. The number of nitrogens with zero attached hydrogens (tertiary/aromatic N) is 2. The first-order valence-electron chi connectivity index (χ1n) is 42.1. The number of esters is 4. The van der Waals surface area contributed by atoms with Crippen LogP contribution in [0.15, 0.2) is 48.5 Å². The van der Waals surface area contributed by atoms with E-state index in [9.17, 15) is 9.59 Å². The zero-order valence-electron chi connectivity index (χ0n) is 66.1. The standard InChI is InChI=1S/C90H136N2O8S3/c1-11-15-19-23-27-31-35-39-43-47-51-69(52-48-44-40-36-32-28-24-20-16-12-2)61-63-91-68(6)71-65-74-73(66-72(71)83(91)80-85(93)97-89(7,8)98-86(80)94)82(79-60-59-78(103-79)77-58-57-76(102-77)75-56-55-67(5)101-75)92(84(74)81-87(95)99-90(9,10)100-88(81)96)64-62-70(53-49-45-41-37-33-29-25-21-17-13-3)54-50-46-42-38-34-30-26-22-18-14-4/h55-60,65-66,69-70H,11-54,61-64H2,1-10H3. The molecule has 6 aromatic rings. The Hall–Kier alpha value is -4.98. The van der Waals surface area contributed by atoms with E-state index in [1.807, 2.05) is 11.3 Å². The summed E-state index contributed by atoms with van der Waals surface area (Å²) in [6.45, 7) is 21.0. The summed E-state index contributed by atoms with van der Waals surface area (Å²) < 4.78 is 28.7. The van der Waals surface area contributed by atoms with Gasteiger partial charge in [0, 0.05) is 92.4 Å². The highest BCUT2D eigenvalue weighted by Gasteiger charge is 2.43. The normalized spacial score (nSPS) is 14.7. The predicted molar refractivity (Wildman–Crippen MR) is 437 cm³/mol. The van der Waals surface area contributed by atoms with E-state index in [0.717, 1.165) is 86.1 Å². The molecule has 13 heteroatoms. The molecule has 8 rings (SSSR count). The summed E-state index contributed by atoms with van der Waals surface area (Å²) >= 11 is 5.31. The molecule has 0 bridgehead atoms. The summed E-state index contributed by atoms with van der Waals surface area (Å²) in [5.41, 5.74) is 1.55. The maximum Gasteiger partial charge on any atom is 0.351 e. The van der Waals surface area contributed by atoms with E-state index in [-0.39, 0.29) is 11.1 Å². The fourth-order valence-electron chi connectivity index (χ4n) is 16.3. The molecule has 0 spiro atoms. The summed E-state index contributed by atoms with van der Waals surface area (Å²) in [5.74, 6) is -4.85. The Kier molecular flexibility index (Phi) is 36.0. The molecule has 2 fully saturated rings. The van der Waals surface area contributed by atoms with Crippen molar-refractivity contribution >= 4 is 90.6 Å². The maximum atomic E-state index is 15.0. The van der Waals surface area contributed by atoms with Gasteiger partial charge in [-0.25, -0.2) is 19.2 Å². The Morgan fingerprint density at radius 3 is 0.932 bits per heavy atom. The number of hydrogen-bond donors (Lipinski definition) is 0. The minimum Gasteiger partial charge on any atom is -0.419 e. The molecule has 0 unspecified atom stereocenters. The van der Waals surface area contributed by atoms with Gasteiger partial charge in [0.25, 0.3) is 11.6 Å². The smallest absolute Gasteiger partial charge is 0.351 e. The van der Waals surface area contributed by atoms with Crippen LogP contribution in [0.3, 0.4) is 0 Å². The summed E-state index contributed by atoms with van der Waals surface area (Å²) in [6, 6.07) is 17.6. The number of fused-ring (bicyclic) bond motifs is 2. The van der Waals surface area contributed by atoms with Gasteiger partial charge >= 0.3 is 23.9 Å². The van der Waals surface area contributed by atoms with E-state index in [4.69, 9.17) is 18.9 Å². The molecular formula is C90H136N2O8S3. The average Bonchev–Trinajstić information content (AvgIpc) is 1.54. The van der Waals surface area contributed by atoms with Crippen molar-refractivity contribution in [1.82, 2.24) is 9.13 Å². The zero-order chi connectivity index (χ0) is 73.4. The molecule has 0 aliphatic carbocycles. The Labute approximate surface area is 634 Å². The van der Waals surface area contributed by atoms with Crippen LogP contribution in [0.2, 0.25) is 0 Å². The van der Waals surface area contributed by atoms with Crippen LogP contribution in [0.5, 0.6) is 0 Å². The van der Waals surface area contributed by atoms with Gasteiger partial charge < -0.3 is 28.1 Å². The van der Waals surface area contributed by atoms with Crippen LogP contribution in [0.1, 0.15) is 361 Å². The number of cyclic esters (lactones) is 4. The molecule has 2 aliphatic heterocycles. The maximum absolute atomic E-state index is 15.0. The molecule has 0 N–H and O–H groups in total. The minimum atomic E-state index is -1.46. The molecule has 572 valence electrons. The van der Waals surface area contributed by atoms with E-state index >= 15 is 9.59 Å². The van der Waals surface area contributed by atoms with Crippen LogP contribution in [0.25, 0.3) is 62.8 Å². The lowest BCUT2D eigenvalue weighted by Crippen LogP contribution is -2.44. The van der Waals surface area contributed by atoms with E-state index < -0.39 is 35.5 Å². The van der Waals surface area contributed by atoms with Crippen molar-refractivity contribution in [2.45, 2.75) is 389 Å². The Bertz CT molecular complexity index is 3590. The lowest BCUT2D eigenvalue weighted by molar-refractivity contribution is -0.219. The highest BCUT2D eigenvalue weighted by atomic mass is 32.1. The molecule has 0 amide bonds. The number of unbranched alkanes of at least 4 members (excludes halogenated alkanes) is 36. The largest absolute Gasteiger partial charge is 0.419 e. The molecule has 0 radical (unpaired) electrons. The molecule has 7 heterocycles. The van der Waals surface area contributed by atoms with Gasteiger partial charge in [0.05, 0.1) is 21.3 Å².